The largest absolute Gasteiger partial charge is 0.456 e. The number of anilines is 3. The van der Waals surface area contributed by atoms with Crippen molar-refractivity contribution in [3.05, 3.63) is 182 Å². The molecule has 0 aliphatic carbocycles. The number of rotatable bonds is 5. The molecule has 0 radical (unpaired) electrons. The lowest BCUT2D eigenvalue weighted by Gasteiger charge is -2.29. The maximum atomic E-state index is 6.68. The Balaban J connectivity index is 1.12. The standard InChI is InChI=1S/C49H30N2O2/c1-2-14-34-29-35(24-23-31(34)11-1)38-17-7-8-20-43(38)51(44-21-9-15-32-12-3-5-16-37(32)44)36-26-27-40-46(30-36)52-45-22-10-19-41(47(40)45)49-50-42-28-25-33-13-4-6-18-39(33)48(42)53-49/h1-30H. The van der Waals surface area contributed by atoms with Crippen LogP contribution >= 0.6 is 0 Å². The lowest BCUT2D eigenvalue weighted by molar-refractivity contribution is 0.623. The number of benzene rings is 9. The summed E-state index contributed by atoms with van der Waals surface area (Å²) in [5, 5.41) is 8.95. The van der Waals surface area contributed by atoms with E-state index in [1.165, 1.54) is 21.5 Å². The van der Waals surface area contributed by atoms with Gasteiger partial charge in [0.25, 0.3) is 0 Å². The molecule has 0 aliphatic rings. The monoisotopic (exact) mass is 678 g/mol. The molecule has 2 heterocycles. The first kappa shape index (κ1) is 29.5. The topological polar surface area (TPSA) is 42.4 Å². The van der Waals surface area contributed by atoms with Gasteiger partial charge in [-0.2, -0.15) is 0 Å². The lowest BCUT2D eigenvalue weighted by atomic mass is 9.98. The van der Waals surface area contributed by atoms with Crippen molar-refractivity contribution < 1.29 is 8.83 Å². The van der Waals surface area contributed by atoms with Crippen LogP contribution in [-0.2, 0) is 0 Å². The first-order valence-corrected chi connectivity index (χ1v) is 17.9. The van der Waals surface area contributed by atoms with Crippen LogP contribution < -0.4 is 4.90 Å². The highest BCUT2D eigenvalue weighted by Crippen LogP contribution is 2.46. The van der Waals surface area contributed by atoms with Crippen LogP contribution in [0.4, 0.5) is 17.1 Å². The van der Waals surface area contributed by atoms with Crippen LogP contribution in [0.1, 0.15) is 0 Å². The molecule has 2 aromatic heterocycles. The summed E-state index contributed by atoms with van der Waals surface area (Å²) in [6.07, 6.45) is 0. The van der Waals surface area contributed by atoms with E-state index in [9.17, 15) is 0 Å². The molecule has 11 rings (SSSR count). The van der Waals surface area contributed by atoms with E-state index >= 15 is 0 Å². The maximum absolute atomic E-state index is 6.68. The zero-order valence-electron chi connectivity index (χ0n) is 28.5. The number of hydrogen-bond donors (Lipinski definition) is 0. The van der Waals surface area contributed by atoms with Crippen LogP contribution in [0.15, 0.2) is 191 Å². The highest BCUT2D eigenvalue weighted by molar-refractivity contribution is 6.13. The summed E-state index contributed by atoms with van der Waals surface area (Å²) >= 11 is 0. The Morgan fingerprint density at radius 1 is 0.415 bits per heavy atom. The van der Waals surface area contributed by atoms with E-state index in [1.807, 2.05) is 30.3 Å². The Kier molecular flexibility index (Phi) is 6.52. The lowest BCUT2D eigenvalue weighted by Crippen LogP contribution is -2.11. The quantitative estimate of drug-likeness (QED) is 0.182. The van der Waals surface area contributed by atoms with Gasteiger partial charge in [-0.15, -0.1) is 0 Å². The summed E-state index contributed by atoms with van der Waals surface area (Å²) in [6.45, 7) is 0. The Morgan fingerprint density at radius 3 is 2.00 bits per heavy atom. The third kappa shape index (κ3) is 4.73. The summed E-state index contributed by atoms with van der Waals surface area (Å²) in [5.41, 5.74) is 9.57. The molecule has 9 aromatic carbocycles. The Bertz CT molecular complexity index is 3200. The van der Waals surface area contributed by atoms with Crippen molar-refractivity contribution in [1.82, 2.24) is 4.98 Å². The minimum absolute atomic E-state index is 0.579. The highest BCUT2D eigenvalue weighted by Gasteiger charge is 2.22. The molecule has 0 atom stereocenters. The fourth-order valence-electron chi connectivity index (χ4n) is 7.98. The first-order chi connectivity index (χ1) is 26.3. The van der Waals surface area contributed by atoms with Crippen molar-refractivity contribution in [3.63, 3.8) is 0 Å². The number of oxazole rings is 1. The van der Waals surface area contributed by atoms with Gasteiger partial charge in [-0.1, -0.05) is 127 Å². The molecule has 53 heavy (non-hydrogen) atoms. The van der Waals surface area contributed by atoms with E-state index in [2.05, 4.69) is 157 Å². The number of nitrogens with zero attached hydrogens (tertiary/aromatic N) is 2. The molecule has 0 spiro atoms. The minimum Gasteiger partial charge on any atom is -0.456 e. The number of para-hydroxylation sites is 1. The van der Waals surface area contributed by atoms with Gasteiger partial charge < -0.3 is 13.7 Å². The van der Waals surface area contributed by atoms with Crippen molar-refractivity contribution in [2.45, 2.75) is 0 Å². The predicted molar refractivity (Wildman–Crippen MR) is 219 cm³/mol. The molecule has 11 aromatic rings. The average Bonchev–Trinajstić information content (AvgIpc) is 3.83. The second-order valence-corrected chi connectivity index (χ2v) is 13.5. The van der Waals surface area contributed by atoms with Crippen molar-refractivity contribution in [2.75, 3.05) is 4.90 Å². The van der Waals surface area contributed by atoms with E-state index < -0.39 is 0 Å². The summed E-state index contributed by atoms with van der Waals surface area (Å²) in [4.78, 5) is 7.33. The van der Waals surface area contributed by atoms with Crippen LogP contribution in [0.25, 0.3) is 87.9 Å². The molecule has 0 saturated carbocycles. The molecule has 248 valence electrons. The molecule has 0 bridgehead atoms. The minimum atomic E-state index is 0.579. The smallest absolute Gasteiger partial charge is 0.228 e. The fourth-order valence-corrected chi connectivity index (χ4v) is 7.98. The Hall–Kier alpha value is -7.17. The normalized spacial score (nSPS) is 11.8. The van der Waals surface area contributed by atoms with Crippen molar-refractivity contribution in [2.24, 2.45) is 0 Å². The van der Waals surface area contributed by atoms with Crippen LogP contribution in [0.3, 0.4) is 0 Å². The van der Waals surface area contributed by atoms with Gasteiger partial charge in [-0.05, 0) is 75.6 Å². The van der Waals surface area contributed by atoms with E-state index in [0.29, 0.717) is 5.89 Å². The van der Waals surface area contributed by atoms with Gasteiger partial charge >= 0.3 is 0 Å². The molecule has 4 heteroatoms. The van der Waals surface area contributed by atoms with Crippen molar-refractivity contribution >= 4 is 82.4 Å². The molecule has 4 nitrogen and oxygen atoms in total. The second-order valence-electron chi connectivity index (χ2n) is 13.5. The molecular weight excluding hydrogens is 649 g/mol. The zero-order chi connectivity index (χ0) is 34.9. The Morgan fingerprint density at radius 2 is 1.09 bits per heavy atom. The first-order valence-electron chi connectivity index (χ1n) is 17.9. The summed E-state index contributed by atoms with van der Waals surface area (Å²) in [7, 11) is 0. The molecule has 0 unspecified atom stereocenters. The van der Waals surface area contributed by atoms with Gasteiger partial charge in [0.15, 0.2) is 5.58 Å². The van der Waals surface area contributed by atoms with E-state index in [1.54, 1.807) is 0 Å². The fraction of sp³-hybridized carbons (Fsp3) is 0. The predicted octanol–water partition coefficient (Wildman–Crippen LogP) is 14.0. The second kappa shape index (κ2) is 11.7. The summed E-state index contributed by atoms with van der Waals surface area (Å²) in [5.74, 6) is 0.579. The van der Waals surface area contributed by atoms with E-state index in [4.69, 9.17) is 13.8 Å². The maximum Gasteiger partial charge on any atom is 0.228 e. The number of fused-ring (bicyclic) bond motifs is 8. The van der Waals surface area contributed by atoms with Crippen LogP contribution in [0, 0.1) is 0 Å². The average molecular weight is 679 g/mol. The number of furan rings is 1. The molecule has 0 fully saturated rings. The zero-order valence-corrected chi connectivity index (χ0v) is 28.5. The molecule has 0 N–H and O–H groups in total. The number of hydrogen-bond acceptors (Lipinski definition) is 4. The SMILES string of the molecule is c1ccc(N(c2ccc3c(c2)oc2cccc(-c4nc5ccc6ccccc6c5o4)c23)c2cccc3ccccc23)c(-c2ccc3ccccc3c2)c1. The Labute approximate surface area is 304 Å². The van der Waals surface area contributed by atoms with Crippen molar-refractivity contribution in [1.29, 1.82) is 0 Å². The summed E-state index contributed by atoms with van der Waals surface area (Å²) in [6, 6.07) is 64.0. The van der Waals surface area contributed by atoms with Crippen LogP contribution in [0.5, 0.6) is 0 Å². The molecular formula is C49H30N2O2. The molecule has 0 aliphatic heterocycles. The van der Waals surface area contributed by atoms with Gasteiger partial charge in [0, 0.05) is 44.4 Å². The summed E-state index contributed by atoms with van der Waals surface area (Å²) < 4.78 is 13.2. The highest BCUT2D eigenvalue weighted by atomic mass is 16.3. The molecule has 0 saturated heterocycles. The van der Waals surface area contributed by atoms with E-state index in [-0.39, 0.29) is 0 Å². The van der Waals surface area contributed by atoms with Gasteiger partial charge in [0.05, 0.1) is 11.4 Å². The third-order valence-corrected chi connectivity index (χ3v) is 10.5. The van der Waals surface area contributed by atoms with Gasteiger partial charge in [-0.25, -0.2) is 4.98 Å². The van der Waals surface area contributed by atoms with Gasteiger partial charge in [0.2, 0.25) is 5.89 Å². The van der Waals surface area contributed by atoms with Gasteiger partial charge in [0.1, 0.15) is 16.7 Å². The number of aromatic nitrogens is 1. The van der Waals surface area contributed by atoms with E-state index in [0.717, 1.165) is 77.6 Å². The van der Waals surface area contributed by atoms with Crippen LogP contribution in [-0.4, -0.2) is 4.98 Å². The molecule has 0 amide bonds. The van der Waals surface area contributed by atoms with Crippen molar-refractivity contribution in [3.8, 4) is 22.6 Å². The third-order valence-electron chi connectivity index (χ3n) is 10.5. The van der Waals surface area contributed by atoms with Crippen LogP contribution in [0.2, 0.25) is 0 Å². The van der Waals surface area contributed by atoms with Gasteiger partial charge in [-0.3, -0.25) is 0 Å².